The van der Waals surface area contributed by atoms with Crippen molar-refractivity contribution in [2.24, 2.45) is 0 Å². The first-order valence-electron chi connectivity index (χ1n) is 11.9. The fourth-order valence-corrected chi connectivity index (χ4v) is 4.00. The maximum absolute atomic E-state index is 13.4. The molecule has 0 atom stereocenters. The second kappa shape index (κ2) is 10.2. The second-order valence-electron chi connectivity index (χ2n) is 10.4. The Hall–Kier alpha value is -3.74. The molecule has 2 aromatic heterocycles. The highest BCUT2D eigenvalue weighted by atomic mass is 19.4. The lowest BCUT2D eigenvalue weighted by Gasteiger charge is -2.33. The Labute approximate surface area is 216 Å². The Morgan fingerprint density at radius 3 is 2.66 bits per heavy atom. The molecule has 0 radical (unpaired) electrons. The lowest BCUT2D eigenvalue weighted by atomic mass is 9.79. The summed E-state index contributed by atoms with van der Waals surface area (Å²) in [5.74, 6) is -1.11. The van der Waals surface area contributed by atoms with Crippen LogP contribution in [0.2, 0.25) is 0 Å². The van der Waals surface area contributed by atoms with Gasteiger partial charge in [0.2, 0.25) is 5.95 Å². The first-order chi connectivity index (χ1) is 17.8. The molecule has 13 heteroatoms. The van der Waals surface area contributed by atoms with Crippen LogP contribution in [0.1, 0.15) is 54.9 Å². The summed E-state index contributed by atoms with van der Waals surface area (Å²) in [5.41, 5.74) is 2.10. The van der Waals surface area contributed by atoms with Gasteiger partial charge in [0.1, 0.15) is 25.0 Å². The van der Waals surface area contributed by atoms with Crippen molar-refractivity contribution < 1.29 is 26.8 Å². The number of amides is 1. The van der Waals surface area contributed by atoms with E-state index < -0.39 is 30.7 Å². The third-order valence-corrected chi connectivity index (χ3v) is 6.21. The third kappa shape index (κ3) is 6.21. The molecule has 4 N–H and O–H groups in total. The summed E-state index contributed by atoms with van der Waals surface area (Å²) in [6.45, 7) is 6.89. The van der Waals surface area contributed by atoms with E-state index in [4.69, 9.17) is 4.42 Å². The number of carbonyl (C=O) groups excluding carboxylic acids is 1. The summed E-state index contributed by atoms with van der Waals surface area (Å²) in [4.78, 5) is 25.2. The number of rotatable bonds is 8. The monoisotopic (exact) mass is 535 g/mol. The molecule has 204 valence electrons. The molecule has 0 saturated carbocycles. The maximum Gasteiger partial charge on any atom is 0.405 e. The number of hydrogen-bond donors (Lipinski definition) is 4. The van der Waals surface area contributed by atoms with Crippen LogP contribution in [0.3, 0.4) is 0 Å². The number of alkyl halides is 4. The molecule has 0 spiro atoms. The molecular weight excluding hydrogens is 506 g/mol. The van der Waals surface area contributed by atoms with Crippen molar-refractivity contribution in [3.8, 4) is 0 Å². The topological polar surface area (TPSA) is 117 Å². The van der Waals surface area contributed by atoms with Gasteiger partial charge in [-0.15, -0.1) is 0 Å². The quantitative estimate of drug-likeness (QED) is 0.302. The minimum absolute atomic E-state index is 0.0310. The Bertz CT molecular complexity index is 1320. The van der Waals surface area contributed by atoms with E-state index in [9.17, 15) is 22.4 Å². The summed E-state index contributed by atoms with van der Waals surface area (Å²) in [6.07, 6.45) is -2.24. The number of oxazole rings is 1. The fourth-order valence-electron chi connectivity index (χ4n) is 4.00. The van der Waals surface area contributed by atoms with Crippen LogP contribution in [0.15, 0.2) is 35.1 Å². The molecule has 4 rings (SSSR count). The van der Waals surface area contributed by atoms with Gasteiger partial charge in [0.05, 0.1) is 5.69 Å². The molecule has 0 unspecified atom stereocenters. The number of nitrogens with zero attached hydrogens (tertiary/aromatic N) is 3. The second-order valence-corrected chi connectivity index (χ2v) is 10.4. The van der Waals surface area contributed by atoms with E-state index >= 15 is 0 Å². The zero-order valence-electron chi connectivity index (χ0n) is 21.4. The van der Waals surface area contributed by atoms with E-state index in [-0.39, 0.29) is 28.8 Å². The highest BCUT2D eigenvalue weighted by Crippen LogP contribution is 2.32. The summed E-state index contributed by atoms with van der Waals surface area (Å²) >= 11 is 0. The van der Waals surface area contributed by atoms with Gasteiger partial charge in [0.25, 0.3) is 5.91 Å². The summed E-state index contributed by atoms with van der Waals surface area (Å²) < 4.78 is 56.7. The number of nitrogens with one attached hydrogen (secondary N) is 4. The SMILES string of the molecule is CC(C)(CF)c1coc(Nc2nc(Nc3ccc4c(c3)CNCC4(C)C)ncc2C(=O)NCC(F)(F)F)n1. The number of anilines is 4. The van der Waals surface area contributed by atoms with Crippen molar-refractivity contribution in [2.75, 3.05) is 30.4 Å². The Kier molecular flexibility index (Phi) is 7.33. The van der Waals surface area contributed by atoms with Gasteiger partial charge in [0.15, 0.2) is 5.82 Å². The summed E-state index contributed by atoms with van der Waals surface area (Å²) in [7, 11) is 0. The highest BCUT2D eigenvalue weighted by molar-refractivity contribution is 5.99. The Balaban J connectivity index is 1.63. The van der Waals surface area contributed by atoms with Crippen LogP contribution >= 0.6 is 0 Å². The van der Waals surface area contributed by atoms with Crippen LogP contribution in [0.25, 0.3) is 0 Å². The van der Waals surface area contributed by atoms with Crippen molar-refractivity contribution in [3.63, 3.8) is 0 Å². The summed E-state index contributed by atoms with van der Waals surface area (Å²) in [5, 5.41) is 11.0. The smallest absolute Gasteiger partial charge is 0.405 e. The molecule has 3 heterocycles. The van der Waals surface area contributed by atoms with Crippen LogP contribution in [-0.4, -0.2) is 46.8 Å². The average Bonchev–Trinajstić information content (AvgIpc) is 3.31. The van der Waals surface area contributed by atoms with Crippen molar-refractivity contribution in [1.82, 2.24) is 25.6 Å². The van der Waals surface area contributed by atoms with Gasteiger partial charge in [-0.2, -0.15) is 23.1 Å². The van der Waals surface area contributed by atoms with Crippen LogP contribution in [0.5, 0.6) is 0 Å². The number of fused-ring (bicyclic) bond motifs is 1. The lowest BCUT2D eigenvalue weighted by molar-refractivity contribution is -0.123. The Morgan fingerprint density at radius 1 is 1.18 bits per heavy atom. The maximum atomic E-state index is 13.4. The predicted molar refractivity (Wildman–Crippen MR) is 134 cm³/mol. The number of benzene rings is 1. The standard InChI is InChI=1S/C25H29F4N7O2/c1-23(2,11-26)18-10-38-22(34-18)36-19-16(20(37)32-13-25(27,28)29)9-31-21(35-19)33-15-5-6-17-14(7-15)8-30-12-24(17,3)4/h5-7,9-10,30H,8,11-13H2,1-4H3,(H,32,37)(H2,31,33,34,35,36). The molecule has 0 fully saturated rings. The van der Waals surface area contributed by atoms with E-state index in [1.807, 2.05) is 18.2 Å². The van der Waals surface area contributed by atoms with Crippen molar-refractivity contribution in [1.29, 1.82) is 0 Å². The van der Waals surface area contributed by atoms with E-state index in [0.29, 0.717) is 17.9 Å². The zero-order valence-corrected chi connectivity index (χ0v) is 21.4. The number of halogens is 4. The molecule has 0 bridgehead atoms. The predicted octanol–water partition coefficient (Wildman–Crippen LogP) is 4.87. The van der Waals surface area contributed by atoms with Gasteiger partial charge in [-0.1, -0.05) is 33.8 Å². The average molecular weight is 536 g/mol. The van der Waals surface area contributed by atoms with E-state index in [1.165, 1.54) is 11.8 Å². The van der Waals surface area contributed by atoms with Gasteiger partial charge in [-0.25, -0.2) is 4.98 Å². The molecule has 0 aliphatic carbocycles. The fraction of sp³-hybridized carbons (Fsp3) is 0.440. The third-order valence-electron chi connectivity index (χ3n) is 6.21. The highest BCUT2D eigenvalue weighted by Gasteiger charge is 2.30. The molecule has 0 saturated heterocycles. The number of hydrogen-bond acceptors (Lipinski definition) is 8. The molecular formula is C25H29F4N7O2. The molecule has 1 aromatic carbocycles. The van der Waals surface area contributed by atoms with Crippen LogP contribution in [0.4, 0.5) is 41.0 Å². The van der Waals surface area contributed by atoms with Gasteiger partial charge in [-0.05, 0) is 23.3 Å². The van der Waals surface area contributed by atoms with Crippen molar-refractivity contribution >= 4 is 29.4 Å². The minimum Gasteiger partial charge on any atom is -0.432 e. The molecule has 9 nitrogen and oxygen atoms in total. The van der Waals surface area contributed by atoms with Gasteiger partial charge in [-0.3, -0.25) is 14.5 Å². The van der Waals surface area contributed by atoms with Gasteiger partial charge >= 0.3 is 12.2 Å². The van der Waals surface area contributed by atoms with Crippen LogP contribution in [-0.2, 0) is 17.4 Å². The van der Waals surface area contributed by atoms with Crippen molar-refractivity contribution in [2.45, 2.75) is 51.2 Å². The summed E-state index contributed by atoms with van der Waals surface area (Å²) in [6, 6.07) is 5.75. The zero-order chi connectivity index (χ0) is 27.7. The minimum atomic E-state index is -4.60. The van der Waals surface area contributed by atoms with Crippen LogP contribution < -0.4 is 21.3 Å². The molecule has 1 amide bonds. The van der Waals surface area contributed by atoms with Crippen molar-refractivity contribution in [3.05, 3.63) is 53.0 Å². The largest absolute Gasteiger partial charge is 0.432 e. The first kappa shape index (κ1) is 27.3. The van der Waals surface area contributed by atoms with E-state index in [1.54, 1.807) is 19.2 Å². The van der Waals surface area contributed by atoms with E-state index in [0.717, 1.165) is 18.3 Å². The lowest BCUT2D eigenvalue weighted by Crippen LogP contribution is -2.38. The number of aromatic nitrogens is 3. The number of carbonyl (C=O) groups is 1. The molecule has 1 aliphatic rings. The Morgan fingerprint density at radius 2 is 1.95 bits per heavy atom. The van der Waals surface area contributed by atoms with Gasteiger partial charge in [0, 0.05) is 35.8 Å². The molecule has 38 heavy (non-hydrogen) atoms. The van der Waals surface area contributed by atoms with Gasteiger partial charge < -0.3 is 20.4 Å². The van der Waals surface area contributed by atoms with E-state index in [2.05, 4.69) is 44.7 Å². The van der Waals surface area contributed by atoms with Crippen LogP contribution in [0, 0.1) is 0 Å². The molecule has 3 aromatic rings. The molecule has 1 aliphatic heterocycles. The normalized spacial score (nSPS) is 15.1. The first-order valence-corrected chi connectivity index (χ1v) is 11.9.